The fourth-order valence-corrected chi connectivity index (χ4v) is 3.77. The standard InChI is InChI=1S/C22H26N4O4/c1-13-21(15(3)30-26-13)18-10-16(25-22(27)19-11-24-29-14(19)2)7-8-20(18)28-12-17-6-4-5-9-23-17/h7-8,10-11,17,23H,4-6,9,12H2,1-3H3,(H,25,27)/t17-/m1/s1. The van der Waals surface area contributed by atoms with E-state index < -0.39 is 0 Å². The van der Waals surface area contributed by atoms with Gasteiger partial charge in [-0.3, -0.25) is 4.79 Å². The molecule has 1 saturated heterocycles. The molecule has 1 aliphatic heterocycles. The second-order valence-corrected chi connectivity index (χ2v) is 7.62. The maximum absolute atomic E-state index is 12.6. The summed E-state index contributed by atoms with van der Waals surface area (Å²) in [6.07, 6.45) is 4.94. The van der Waals surface area contributed by atoms with Gasteiger partial charge in [-0.1, -0.05) is 16.7 Å². The molecular formula is C22H26N4O4. The molecule has 0 radical (unpaired) electrons. The summed E-state index contributed by atoms with van der Waals surface area (Å²) >= 11 is 0. The lowest BCUT2D eigenvalue weighted by atomic mass is 10.0. The van der Waals surface area contributed by atoms with Crippen LogP contribution < -0.4 is 15.4 Å². The maximum Gasteiger partial charge on any atom is 0.260 e. The fourth-order valence-electron chi connectivity index (χ4n) is 3.77. The van der Waals surface area contributed by atoms with Crippen molar-refractivity contribution in [2.24, 2.45) is 0 Å². The highest BCUT2D eigenvalue weighted by Crippen LogP contribution is 2.37. The van der Waals surface area contributed by atoms with Gasteiger partial charge in [0.2, 0.25) is 0 Å². The summed E-state index contributed by atoms with van der Waals surface area (Å²) in [4.78, 5) is 12.6. The Kier molecular flexibility index (Phi) is 5.85. The average molecular weight is 410 g/mol. The van der Waals surface area contributed by atoms with E-state index in [4.69, 9.17) is 13.8 Å². The molecule has 8 nitrogen and oxygen atoms in total. The van der Waals surface area contributed by atoms with E-state index in [0.29, 0.717) is 35.4 Å². The van der Waals surface area contributed by atoms with Crippen molar-refractivity contribution in [3.63, 3.8) is 0 Å². The molecule has 8 heteroatoms. The lowest BCUT2D eigenvalue weighted by Crippen LogP contribution is -2.38. The number of benzene rings is 1. The number of hydrogen-bond acceptors (Lipinski definition) is 7. The largest absolute Gasteiger partial charge is 0.491 e. The number of hydrogen-bond donors (Lipinski definition) is 2. The van der Waals surface area contributed by atoms with Gasteiger partial charge in [0.1, 0.15) is 29.4 Å². The first-order chi connectivity index (χ1) is 14.5. The Morgan fingerprint density at radius 3 is 2.77 bits per heavy atom. The van der Waals surface area contributed by atoms with Gasteiger partial charge < -0.3 is 24.4 Å². The number of rotatable bonds is 6. The molecule has 1 aliphatic rings. The molecule has 0 unspecified atom stereocenters. The highest BCUT2D eigenvalue weighted by molar-refractivity contribution is 6.05. The Hall–Kier alpha value is -3.13. The molecule has 0 saturated carbocycles. The zero-order valence-electron chi connectivity index (χ0n) is 17.4. The van der Waals surface area contributed by atoms with Crippen LogP contribution in [0, 0.1) is 20.8 Å². The molecule has 3 heterocycles. The minimum Gasteiger partial charge on any atom is -0.491 e. The van der Waals surface area contributed by atoms with E-state index >= 15 is 0 Å². The molecule has 1 aromatic carbocycles. The Morgan fingerprint density at radius 2 is 2.10 bits per heavy atom. The summed E-state index contributed by atoms with van der Waals surface area (Å²) in [6, 6.07) is 5.93. The number of carbonyl (C=O) groups excluding carboxylic acids is 1. The molecule has 2 aromatic heterocycles. The summed E-state index contributed by atoms with van der Waals surface area (Å²) in [5.74, 6) is 1.62. The zero-order chi connectivity index (χ0) is 21.1. The third-order valence-electron chi connectivity index (χ3n) is 5.39. The van der Waals surface area contributed by atoms with Gasteiger partial charge in [-0.25, -0.2) is 0 Å². The van der Waals surface area contributed by atoms with Gasteiger partial charge in [-0.05, 0) is 58.4 Å². The highest BCUT2D eigenvalue weighted by Gasteiger charge is 2.20. The summed E-state index contributed by atoms with van der Waals surface area (Å²) in [5.41, 5.74) is 3.52. The van der Waals surface area contributed by atoms with Gasteiger partial charge >= 0.3 is 0 Å². The Balaban J connectivity index is 1.61. The van der Waals surface area contributed by atoms with Crippen LogP contribution in [0.15, 0.2) is 33.4 Å². The van der Waals surface area contributed by atoms with Gasteiger partial charge in [0.05, 0.1) is 17.5 Å². The fraction of sp³-hybridized carbons (Fsp3) is 0.409. The number of piperidine rings is 1. The Morgan fingerprint density at radius 1 is 1.23 bits per heavy atom. The lowest BCUT2D eigenvalue weighted by Gasteiger charge is -2.24. The molecular weight excluding hydrogens is 384 g/mol. The molecule has 3 aromatic rings. The summed E-state index contributed by atoms with van der Waals surface area (Å²) in [6.45, 7) is 7.07. The van der Waals surface area contributed by atoms with Crippen molar-refractivity contribution in [3.05, 3.63) is 47.2 Å². The summed E-state index contributed by atoms with van der Waals surface area (Å²) in [5, 5.41) is 14.1. The number of nitrogens with zero attached hydrogens (tertiary/aromatic N) is 2. The number of ether oxygens (including phenoxy) is 1. The van der Waals surface area contributed by atoms with Crippen molar-refractivity contribution >= 4 is 11.6 Å². The molecule has 158 valence electrons. The van der Waals surface area contributed by atoms with E-state index in [9.17, 15) is 4.79 Å². The average Bonchev–Trinajstić information content (AvgIpc) is 3.32. The second kappa shape index (κ2) is 8.71. The molecule has 0 bridgehead atoms. The third-order valence-corrected chi connectivity index (χ3v) is 5.39. The van der Waals surface area contributed by atoms with Crippen LogP contribution in [-0.4, -0.2) is 35.4 Å². The van der Waals surface area contributed by atoms with E-state index in [2.05, 4.69) is 20.9 Å². The molecule has 1 atom stereocenters. The smallest absolute Gasteiger partial charge is 0.260 e. The van der Waals surface area contributed by atoms with Crippen LogP contribution in [-0.2, 0) is 0 Å². The van der Waals surface area contributed by atoms with E-state index in [-0.39, 0.29) is 5.91 Å². The van der Waals surface area contributed by atoms with Gasteiger partial charge in [-0.2, -0.15) is 0 Å². The van der Waals surface area contributed by atoms with Gasteiger partial charge in [-0.15, -0.1) is 0 Å². The number of carbonyl (C=O) groups is 1. The van der Waals surface area contributed by atoms with Gasteiger partial charge in [0, 0.05) is 17.3 Å². The SMILES string of the molecule is Cc1noc(C)c1-c1cc(NC(=O)c2cnoc2C)ccc1OC[C@H]1CCCCN1. The van der Waals surface area contributed by atoms with Crippen LogP contribution in [0.1, 0.15) is 46.8 Å². The molecule has 30 heavy (non-hydrogen) atoms. The van der Waals surface area contributed by atoms with E-state index in [1.807, 2.05) is 32.0 Å². The lowest BCUT2D eigenvalue weighted by molar-refractivity contribution is 0.102. The van der Waals surface area contributed by atoms with E-state index in [0.717, 1.165) is 35.5 Å². The van der Waals surface area contributed by atoms with Crippen molar-refractivity contribution in [2.75, 3.05) is 18.5 Å². The van der Waals surface area contributed by atoms with Crippen molar-refractivity contribution < 1.29 is 18.6 Å². The van der Waals surface area contributed by atoms with Crippen molar-refractivity contribution in [2.45, 2.75) is 46.1 Å². The summed E-state index contributed by atoms with van der Waals surface area (Å²) < 4.78 is 16.5. The number of aryl methyl sites for hydroxylation is 3. The van der Waals surface area contributed by atoms with Crippen LogP contribution in [0.5, 0.6) is 5.75 Å². The number of nitrogens with one attached hydrogen (secondary N) is 2. The van der Waals surface area contributed by atoms with E-state index in [1.165, 1.54) is 19.0 Å². The minimum atomic E-state index is -0.279. The quantitative estimate of drug-likeness (QED) is 0.632. The van der Waals surface area contributed by atoms with Crippen molar-refractivity contribution in [1.82, 2.24) is 15.6 Å². The monoisotopic (exact) mass is 410 g/mol. The number of amides is 1. The third kappa shape index (κ3) is 4.23. The van der Waals surface area contributed by atoms with Crippen molar-refractivity contribution in [1.29, 1.82) is 0 Å². The molecule has 1 amide bonds. The van der Waals surface area contributed by atoms with Crippen LogP contribution in [0.3, 0.4) is 0 Å². The molecule has 0 aliphatic carbocycles. The first kappa shape index (κ1) is 20.2. The first-order valence-corrected chi connectivity index (χ1v) is 10.2. The van der Waals surface area contributed by atoms with E-state index in [1.54, 1.807) is 6.92 Å². The van der Waals surface area contributed by atoms with Gasteiger partial charge in [0.25, 0.3) is 5.91 Å². The predicted octanol–water partition coefficient (Wildman–Crippen LogP) is 4.03. The second-order valence-electron chi connectivity index (χ2n) is 7.62. The molecule has 4 rings (SSSR count). The van der Waals surface area contributed by atoms with Crippen LogP contribution in [0.25, 0.3) is 11.1 Å². The maximum atomic E-state index is 12.6. The number of anilines is 1. The zero-order valence-corrected chi connectivity index (χ0v) is 17.4. The molecule has 2 N–H and O–H groups in total. The Labute approximate surface area is 174 Å². The highest BCUT2D eigenvalue weighted by atomic mass is 16.5. The normalized spacial score (nSPS) is 16.4. The van der Waals surface area contributed by atoms with Crippen LogP contribution >= 0.6 is 0 Å². The van der Waals surface area contributed by atoms with Crippen molar-refractivity contribution in [3.8, 4) is 16.9 Å². The molecule has 1 fully saturated rings. The van der Waals surface area contributed by atoms with Gasteiger partial charge in [0.15, 0.2) is 0 Å². The first-order valence-electron chi connectivity index (χ1n) is 10.2. The summed E-state index contributed by atoms with van der Waals surface area (Å²) in [7, 11) is 0. The molecule has 0 spiro atoms. The Bertz CT molecular complexity index is 1010. The van der Waals surface area contributed by atoms with Crippen LogP contribution in [0.4, 0.5) is 5.69 Å². The topological polar surface area (TPSA) is 102 Å². The minimum absolute atomic E-state index is 0.279. The van der Waals surface area contributed by atoms with Crippen LogP contribution in [0.2, 0.25) is 0 Å². The number of aromatic nitrogens is 2. The predicted molar refractivity (Wildman–Crippen MR) is 112 cm³/mol.